The molecule has 0 heterocycles. The van der Waals surface area contributed by atoms with Crippen LogP contribution in [-0.2, 0) is 9.53 Å². The van der Waals surface area contributed by atoms with Crippen molar-refractivity contribution in [3.05, 3.63) is 5.53 Å². The lowest BCUT2D eigenvalue weighted by Gasteiger charge is -1.98. The Labute approximate surface area is 91.2 Å². The Morgan fingerprint density at radius 3 is 2.33 bits per heavy atom. The molecule has 0 bridgehead atoms. The molecule has 0 aromatic heterocycles. The highest BCUT2D eigenvalue weighted by Gasteiger charge is 2.19. The van der Waals surface area contributed by atoms with Gasteiger partial charge < -0.3 is 10.3 Å². The summed E-state index contributed by atoms with van der Waals surface area (Å²) in [7, 11) is 1.29. The van der Waals surface area contributed by atoms with Crippen LogP contribution in [0.25, 0.3) is 5.53 Å². The van der Waals surface area contributed by atoms with Gasteiger partial charge in [0, 0.05) is 0 Å². The van der Waals surface area contributed by atoms with Gasteiger partial charge in [-0.1, -0.05) is 39.0 Å². The van der Waals surface area contributed by atoms with Crippen LogP contribution in [0.4, 0.5) is 0 Å². The Morgan fingerprint density at radius 1 is 1.20 bits per heavy atom. The summed E-state index contributed by atoms with van der Waals surface area (Å²) in [5, 5.41) is 0. The molecule has 0 saturated carbocycles. The molecule has 0 unspecified atom stereocenters. The average molecular weight is 212 g/mol. The number of carbonyl (C=O) groups is 1. The number of hydrogen-bond acceptors (Lipinski definition) is 2. The molecule has 0 aromatic rings. The van der Waals surface area contributed by atoms with Crippen molar-refractivity contribution in [1.82, 2.24) is 0 Å². The quantitative estimate of drug-likeness (QED) is 0.204. The standard InChI is InChI=1S/C11H20N2O2/c1-3-4-5-6-7-8-9-10(13-12)11(14)15-2/h3-9H2,1-2H3. The number of methoxy groups -OCH3 is 1. The van der Waals surface area contributed by atoms with Crippen molar-refractivity contribution < 1.29 is 14.3 Å². The zero-order valence-electron chi connectivity index (χ0n) is 9.66. The van der Waals surface area contributed by atoms with Crippen molar-refractivity contribution in [2.24, 2.45) is 0 Å². The van der Waals surface area contributed by atoms with Crippen molar-refractivity contribution >= 4 is 11.7 Å². The minimum absolute atomic E-state index is 0.119. The first-order valence-corrected chi connectivity index (χ1v) is 5.55. The van der Waals surface area contributed by atoms with Crippen LogP contribution in [0.5, 0.6) is 0 Å². The van der Waals surface area contributed by atoms with E-state index >= 15 is 0 Å². The molecular formula is C11H20N2O2. The van der Waals surface area contributed by atoms with Crippen molar-refractivity contribution in [3.63, 3.8) is 0 Å². The summed E-state index contributed by atoms with van der Waals surface area (Å²) in [4.78, 5) is 13.9. The molecule has 0 fully saturated rings. The molecule has 4 nitrogen and oxygen atoms in total. The van der Waals surface area contributed by atoms with Gasteiger partial charge in [-0.3, -0.25) is 0 Å². The summed E-state index contributed by atoms with van der Waals surface area (Å²) in [6.45, 7) is 2.17. The van der Waals surface area contributed by atoms with E-state index in [2.05, 4.69) is 16.5 Å². The monoisotopic (exact) mass is 212 g/mol. The Hall–Kier alpha value is -1.15. The minimum Gasteiger partial charge on any atom is -0.460 e. The lowest BCUT2D eigenvalue weighted by molar-refractivity contribution is -0.137. The molecule has 0 aliphatic heterocycles. The molecule has 0 N–H and O–H groups in total. The molecular weight excluding hydrogens is 192 g/mol. The molecule has 15 heavy (non-hydrogen) atoms. The Bertz CT molecular complexity index is 233. The summed E-state index contributed by atoms with van der Waals surface area (Å²) < 4.78 is 4.47. The third-order valence-corrected chi connectivity index (χ3v) is 2.31. The topological polar surface area (TPSA) is 62.7 Å². The second kappa shape index (κ2) is 9.41. The van der Waals surface area contributed by atoms with E-state index in [0.29, 0.717) is 6.42 Å². The summed E-state index contributed by atoms with van der Waals surface area (Å²) in [6.07, 6.45) is 7.33. The molecule has 0 amide bonds. The third kappa shape index (κ3) is 6.86. The molecule has 86 valence electrons. The van der Waals surface area contributed by atoms with Crippen molar-refractivity contribution in [2.75, 3.05) is 7.11 Å². The van der Waals surface area contributed by atoms with E-state index < -0.39 is 5.97 Å². The van der Waals surface area contributed by atoms with Gasteiger partial charge in [-0.25, -0.2) is 4.79 Å². The molecule has 0 aliphatic rings. The maximum atomic E-state index is 11.0. The van der Waals surface area contributed by atoms with Gasteiger partial charge in [-0.05, 0) is 6.42 Å². The highest BCUT2D eigenvalue weighted by Crippen LogP contribution is 2.07. The van der Waals surface area contributed by atoms with Crippen LogP contribution in [0.1, 0.15) is 51.9 Å². The SMILES string of the molecule is CCCCCCCCC(=[N+]=[N-])C(=O)OC. The van der Waals surface area contributed by atoms with Crippen molar-refractivity contribution in [1.29, 1.82) is 0 Å². The fourth-order valence-corrected chi connectivity index (χ4v) is 1.38. The molecule has 0 atom stereocenters. The molecule has 0 radical (unpaired) electrons. The number of esters is 1. The predicted octanol–water partition coefficient (Wildman–Crippen LogP) is 2.58. The van der Waals surface area contributed by atoms with Gasteiger partial charge in [0.05, 0.1) is 13.5 Å². The fraction of sp³-hybridized carbons (Fsp3) is 0.818. The number of ether oxygens (including phenoxy) is 1. The zero-order chi connectivity index (χ0) is 11.5. The van der Waals surface area contributed by atoms with Gasteiger partial charge in [-0.15, -0.1) is 0 Å². The predicted molar refractivity (Wildman–Crippen MR) is 58.6 cm³/mol. The number of hydrogen-bond donors (Lipinski definition) is 0. The van der Waals surface area contributed by atoms with Gasteiger partial charge in [0.25, 0.3) is 0 Å². The number of nitrogens with zero attached hydrogens (tertiary/aromatic N) is 2. The first-order chi connectivity index (χ1) is 7.26. The Morgan fingerprint density at radius 2 is 1.80 bits per heavy atom. The average Bonchev–Trinajstić information content (AvgIpc) is 2.27. The number of unbranched alkanes of at least 4 members (excludes halogenated alkanes) is 5. The van der Waals surface area contributed by atoms with Gasteiger partial charge >= 0.3 is 11.7 Å². The van der Waals surface area contributed by atoms with E-state index in [9.17, 15) is 4.79 Å². The maximum absolute atomic E-state index is 11.0. The molecule has 0 saturated heterocycles. The van der Waals surface area contributed by atoms with Crippen LogP contribution in [0.2, 0.25) is 0 Å². The molecule has 0 aromatic carbocycles. The summed E-state index contributed by atoms with van der Waals surface area (Å²) in [6, 6.07) is 0. The molecule has 0 aliphatic carbocycles. The zero-order valence-corrected chi connectivity index (χ0v) is 9.66. The van der Waals surface area contributed by atoms with E-state index in [4.69, 9.17) is 5.53 Å². The van der Waals surface area contributed by atoms with E-state index in [0.717, 1.165) is 12.8 Å². The van der Waals surface area contributed by atoms with E-state index in [-0.39, 0.29) is 5.71 Å². The smallest absolute Gasteiger partial charge is 0.416 e. The van der Waals surface area contributed by atoms with E-state index in [1.165, 1.54) is 32.8 Å². The van der Waals surface area contributed by atoms with Gasteiger partial charge in [-0.2, -0.15) is 4.79 Å². The lowest BCUT2D eigenvalue weighted by Crippen LogP contribution is -2.16. The lowest BCUT2D eigenvalue weighted by atomic mass is 10.1. The summed E-state index contributed by atoms with van der Waals surface area (Å²) >= 11 is 0. The molecule has 4 heteroatoms. The Balaban J connectivity index is 3.57. The van der Waals surface area contributed by atoms with E-state index in [1.54, 1.807) is 0 Å². The van der Waals surface area contributed by atoms with Crippen LogP contribution in [0.15, 0.2) is 0 Å². The highest BCUT2D eigenvalue weighted by molar-refractivity contribution is 6.33. The van der Waals surface area contributed by atoms with Crippen LogP contribution in [0.3, 0.4) is 0 Å². The fourth-order valence-electron chi connectivity index (χ4n) is 1.38. The van der Waals surface area contributed by atoms with Gasteiger partial charge in [0.1, 0.15) is 0 Å². The first-order valence-electron chi connectivity index (χ1n) is 5.55. The Kier molecular flexibility index (Phi) is 8.69. The summed E-state index contributed by atoms with van der Waals surface area (Å²) in [5.74, 6) is -0.536. The first kappa shape index (κ1) is 13.8. The van der Waals surface area contributed by atoms with Gasteiger partial charge in [0.15, 0.2) is 0 Å². The number of rotatable bonds is 8. The minimum atomic E-state index is -0.536. The van der Waals surface area contributed by atoms with Crippen LogP contribution < -0.4 is 0 Å². The second-order valence-corrected chi connectivity index (χ2v) is 3.56. The summed E-state index contributed by atoms with van der Waals surface area (Å²) in [5.41, 5.74) is 8.67. The third-order valence-electron chi connectivity index (χ3n) is 2.31. The van der Waals surface area contributed by atoms with Crippen molar-refractivity contribution in [3.8, 4) is 0 Å². The van der Waals surface area contributed by atoms with Crippen LogP contribution >= 0.6 is 0 Å². The van der Waals surface area contributed by atoms with Gasteiger partial charge in [0.2, 0.25) is 0 Å². The largest absolute Gasteiger partial charge is 0.460 e. The maximum Gasteiger partial charge on any atom is 0.416 e. The molecule has 0 spiro atoms. The second-order valence-electron chi connectivity index (χ2n) is 3.56. The highest BCUT2D eigenvalue weighted by atomic mass is 16.5. The van der Waals surface area contributed by atoms with Crippen LogP contribution in [-0.4, -0.2) is 23.6 Å². The van der Waals surface area contributed by atoms with Crippen LogP contribution in [0, 0.1) is 0 Å². The van der Waals surface area contributed by atoms with E-state index in [1.807, 2.05) is 0 Å². The normalized spacial score (nSPS) is 9.47. The number of carbonyl (C=O) groups excluding carboxylic acids is 1. The van der Waals surface area contributed by atoms with Crippen molar-refractivity contribution in [2.45, 2.75) is 51.9 Å². The molecule has 0 rings (SSSR count).